The van der Waals surface area contributed by atoms with Crippen molar-refractivity contribution < 1.29 is 18.1 Å². The number of phenolic OH excluding ortho intramolecular Hbond substituents is 1. The summed E-state index contributed by atoms with van der Waals surface area (Å²) in [6, 6.07) is 2.82. The van der Waals surface area contributed by atoms with Crippen molar-refractivity contribution in [1.82, 2.24) is 0 Å². The molecule has 1 rings (SSSR count). The summed E-state index contributed by atoms with van der Waals surface area (Å²) in [5.41, 5.74) is 0. The van der Waals surface area contributed by atoms with Gasteiger partial charge in [-0.1, -0.05) is 0 Å². The predicted octanol–water partition coefficient (Wildman–Crippen LogP) is 1.85. The molecule has 0 heterocycles. The van der Waals surface area contributed by atoms with Gasteiger partial charge >= 0.3 is 0 Å². The van der Waals surface area contributed by atoms with E-state index in [4.69, 9.17) is 4.55 Å². The van der Waals surface area contributed by atoms with Gasteiger partial charge < -0.3 is 5.11 Å². The van der Waals surface area contributed by atoms with Crippen molar-refractivity contribution in [2.75, 3.05) is 0 Å². The van der Waals surface area contributed by atoms with Crippen LogP contribution >= 0.6 is 45.2 Å². The molecule has 0 radical (unpaired) electrons. The minimum Gasteiger partial charge on any atom is -0.506 e. The molecule has 0 bridgehead atoms. The Balaban J connectivity index is 3.57. The number of hydrogen-bond donors (Lipinski definition) is 2. The number of rotatable bonds is 1. The van der Waals surface area contributed by atoms with Crippen LogP contribution in [0.1, 0.15) is 0 Å². The molecule has 0 unspecified atom stereocenters. The monoisotopic (exact) mass is 426 g/mol. The third kappa shape index (κ3) is 2.67. The fourth-order valence-corrected chi connectivity index (χ4v) is 4.08. The van der Waals surface area contributed by atoms with Crippen LogP contribution in [-0.4, -0.2) is 18.1 Å². The van der Waals surface area contributed by atoms with E-state index in [9.17, 15) is 13.5 Å². The summed E-state index contributed by atoms with van der Waals surface area (Å²) in [4.78, 5) is -0.437. The van der Waals surface area contributed by atoms with Crippen LogP contribution < -0.4 is 0 Å². The summed E-state index contributed by atoms with van der Waals surface area (Å²) >= 11 is 3.67. The number of phenols is 1. The Morgan fingerprint density at radius 1 is 1.23 bits per heavy atom. The topological polar surface area (TPSA) is 74.6 Å². The van der Waals surface area contributed by atoms with Gasteiger partial charge in [-0.3, -0.25) is 4.55 Å². The fourth-order valence-electron chi connectivity index (χ4n) is 0.802. The number of aromatic hydroxyl groups is 1. The van der Waals surface area contributed by atoms with Crippen LogP contribution in [0.5, 0.6) is 5.75 Å². The van der Waals surface area contributed by atoms with Crippen LogP contribution in [0, 0.1) is 7.14 Å². The smallest absolute Gasteiger partial charge is 0.299 e. The molecule has 0 saturated carbocycles. The van der Waals surface area contributed by atoms with Crippen molar-refractivity contribution >= 4 is 55.3 Å². The van der Waals surface area contributed by atoms with E-state index in [1.54, 1.807) is 28.7 Å². The molecule has 0 aliphatic heterocycles. The van der Waals surface area contributed by atoms with E-state index in [0.717, 1.165) is 0 Å². The Morgan fingerprint density at radius 3 is 2.15 bits per heavy atom. The molecule has 0 spiro atoms. The van der Waals surface area contributed by atoms with E-state index < -0.39 is 20.8 Å². The van der Waals surface area contributed by atoms with E-state index in [-0.39, 0.29) is 0 Å². The maximum Gasteiger partial charge on any atom is 0.299 e. The lowest BCUT2D eigenvalue weighted by Gasteiger charge is -2.04. The minimum absolute atomic E-state index is 0.296. The normalized spacial score (nSPS) is 11.6. The first-order valence-corrected chi connectivity index (χ1v) is 6.57. The molecule has 0 aliphatic rings. The standard InChI is InChI=1S/C6H4I2O4S/c7-3-1-4(8)6(5(9)2-3)13(10,11)12/h1-2,9H,(H,10,11,12). The number of benzene rings is 1. The summed E-state index contributed by atoms with van der Waals surface area (Å²) in [7, 11) is -4.34. The van der Waals surface area contributed by atoms with Gasteiger partial charge in [-0.15, -0.1) is 0 Å². The molecule has 72 valence electrons. The molecular weight excluding hydrogens is 422 g/mol. The molecular formula is C6H4I2O4S. The highest BCUT2D eigenvalue weighted by atomic mass is 127. The molecule has 13 heavy (non-hydrogen) atoms. The average molecular weight is 426 g/mol. The molecule has 0 saturated heterocycles. The molecule has 2 N–H and O–H groups in total. The van der Waals surface area contributed by atoms with Crippen LogP contribution in [0.2, 0.25) is 0 Å². The van der Waals surface area contributed by atoms with E-state index in [2.05, 4.69) is 0 Å². The highest BCUT2D eigenvalue weighted by molar-refractivity contribution is 14.1. The average Bonchev–Trinajstić information content (AvgIpc) is 1.78. The van der Waals surface area contributed by atoms with Crippen molar-refractivity contribution in [2.24, 2.45) is 0 Å². The lowest BCUT2D eigenvalue weighted by molar-refractivity contribution is 0.441. The predicted molar refractivity (Wildman–Crippen MR) is 63.4 cm³/mol. The zero-order chi connectivity index (χ0) is 10.2. The maximum atomic E-state index is 10.8. The molecule has 1 aromatic carbocycles. The van der Waals surface area contributed by atoms with Gasteiger partial charge in [0.2, 0.25) is 0 Å². The number of hydrogen-bond acceptors (Lipinski definition) is 3. The third-order valence-corrected chi connectivity index (χ3v) is 4.03. The van der Waals surface area contributed by atoms with Crippen molar-refractivity contribution in [3.63, 3.8) is 0 Å². The highest BCUT2D eigenvalue weighted by Gasteiger charge is 2.19. The SMILES string of the molecule is O=S(=O)(O)c1c(O)cc(I)cc1I. The Labute approximate surface area is 102 Å². The van der Waals surface area contributed by atoms with E-state index in [0.29, 0.717) is 7.14 Å². The van der Waals surface area contributed by atoms with Crippen molar-refractivity contribution in [2.45, 2.75) is 4.90 Å². The quantitative estimate of drug-likeness (QED) is 0.532. The van der Waals surface area contributed by atoms with E-state index in [1.807, 2.05) is 22.6 Å². The summed E-state index contributed by atoms with van der Waals surface area (Å²) < 4.78 is 31.3. The molecule has 1 aromatic rings. The van der Waals surface area contributed by atoms with Crippen LogP contribution in [-0.2, 0) is 10.1 Å². The minimum atomic E-state index is -4.34. The van der Waals surface area contributed by atoms with Gasteiger partial charge in [-0.2, -0.15) is 8.42 Å². The van der Waals surface area contributed by atoms with Gasteiger partial charge in [-0.25, -0.2) is 0 Å². The fraction of sp³-hybridized carbons (Fsp3) is 0. The second-order valence-corrected chi connectivity index (χ2v) is 5.98. The van der Waals surface area contributed by atoms with Gasteiger partial charge in [0.1, 0.15) is 10.6 Å². The Kier molecular flexibility index (Phi) is 3.41. The van der Waals surface area contributed by atoms with Crippen LogP contribution in [0.25, 0.3) is 0 Å². The second kappa shape index (κ2) is 3.87. The van der Waals surface area contributed by atoms with E-state index in [1.165, 1.54) is 6.07 Å². The summed E-state index contributed by atoms with van der Waals surface area (Å²) in [5, 5.41) is 9.26. The van der Waals surface area contributed by atoms with Crippen LogP contribution in [0.3, 0.4) is 0 Å². The molecule has 0 aliphatic carbocycles. The first kappa shape index (κ1) is 11.5. The summed E-state index contributed by atoms with van der Waals surface area (Å²) in [6.45, 7) is 0. The van der Waals surface area contributed by atoms with Gasteiger partial charge in [0, 0.05) is 7.14 Å². The van der Waals surface area contributed by atoms with Gasteiger partial charge in [0.05, 0.1) is 0 Å². The van der Waals surface area contributed by atoms with Crippen LogP contribution in [0.4, 0.5) is 0 Å². The summed E-state index contributed by atoms with van der Waals surface area (Å²) in [5.74, 6) is -0.432. The van der Waals surface area contributed by atoms with Gasteiger partial charge in [0.25, 0.3) is 10.1 Å². The number of halogens is 2. The maximum absolute atomic E-state index is 10.8. The Bertz CT molecular complexity index is 417. The molecule has 0 aromatic heterocycles. The van der Waals surface area contributed by atoms with Gasteiger partial charge in [-0.05, 0) is 57.3 Å². The van der Waals surface area contributed by atoms with Crippen molar-refractivity contribution in [1.29, 1.82) is 0 Å². The lowest BCUT2D eigenvalue weighted by Crippen LogP contribution is -2.01. The zero-order valence-electron chi connectivity index (χ0n) is 6.03. The molecule has 0 fully saturated rings. The largest absolute Gasteiger partial charge is 0.506 e. The molecule has 0 amide bonds. The molecule has 0 atom stereocenters. The zero-order valence-corrected chi connectivity index (χ0v) is 11.2. The van der Waals surface area contributed by atoms with Crippen molar-refractivity contribution in [3.05, 3.63) is 19.3 Å². The summed E-state index contributed by atoms with van der Waals surface area (Å²) in [6.07, 6.45) is 0. The second-order valence-electron chi connectivity index (χ2n) is 2.21. The van der Waals surface area contributed by atoms with Gasteiger partial charge in [0.15, 0.2) is 0 Å². The third-order valence-electron chi connectivity index (χ3n) is 1.25. The van der Waals surface area contributed by atoms with E-state index >= 15 is 0 Å². The molecule has 4 nitrogen and oxygen atoms in total. The van der Waals surface area contributed by atoms with Crippen molar-refractivity contribution in [3.8, 4) is 5.75 Å². The lowest BCUT2D eigenvalue weighted by atomic mass is 10.3. The molecule has 7 heteroatoms. The highest BCUT2D eigenvalue weighted by Crippen LogP contribution is 2.29. The first-order valence-electron chi connectivity index (χ1n) is 2.98. The Morgan fingerprint density at radius 2 is 1.77 bits per heavy atom. The first-order chi connectivity index (χ1) is 5.82. The van der Waals surface area contributed by atoms with Crippen LogP contribution in [0.15, 0.2) is 17.0 Å². The Hall–Kier alpha value is 0.390.